The van der Waals surface area contributed by atoms with Crippen molar-refractivity contribution >= 4 is 21.6 Å². The van der Waals surface area contributed by atoms with E-state index in [0.717, 1.165) is 24.2 Å². The Hall–Kier alpha value is -2.31. The van der Waals surface area contributed by atoms with Crippen LogP contribution < -0.4 is 15.0 Å². The molecule has 6 heteroatoms. The van der Waals surface area contributed by atoms with Gasteiger partial charge in [0.2, 0.25) is 0 Å². The van der Waals surface area contributed by atoms with Crippen LogP contribution >= 0.6 is 11.5 Å². The molecule has 0 unspecified atom stereocenters. The quantitative estimate of drug-likeness (QED) is 0.606. The summed E-state index contributed by atoms with van der Waals surface area (Å²) in [6, 6.07) is 14.1. The molecular formula is C20H24N2O3S. The summed E-state index contributed by atoms with van der Waals surface area (Å²) in [5.41, 5.74) is 1.34. The van der Waals surface area contributed by atoms with Crippen molar-refractivity contribution in [1.29, 1.82) is 0 Å². The van der Waals surface area contributed by atoms with E-state index in [9.17, 15) is 4.79 Å². The number of fused-ring (bicyclic) bond motifs is 1. The standard InChI is InChI=1S/C20H24N2O3S/c1-21(14-15-8-5-4-6-9-15)10-7-11-22-20(23)16-12-17(24-2)18(25-3)13-19(16)26-22/h4-6,8-9,12-13H,7,10-11,14H2,1-3H3. The van der Waals surface area contributed by atoms with Gasteiger partial charge in [0.05, 0.1) is 24.3 Å². The van der Waals surface area contributed by atoms with Gasteiger partial charge in [-0.05, 0) is 31.6 Å². The van der Waals surface area contributed by atoms with Gasteiger partial charge in [-0.15, -0.1) is 0 Å². The van der Waals surface area contributed by atoms with E-state index < -0.39 is 0 Å². The van der Waals surface area contributed by atoms with Crippen molar-refractivity contribution < 1.29 is 9.47 Å². The number of aryl methyl sites for hydroxylation is 1. The van der Waals surface area contributed by atoms with Crippen LogP contribution in [0.4, 0.5) is 0 Å². The van der Waals surface area contributed by atoms with Gasteiger partial charge in [-0.1, -0.05) is 41.9 Å². The van der Waals surface area contributed by atoms with Gasteiger partial charge in [-0.25, -0.2) is 0 Å². The van der Waals surface area contributed by atoms with Crippen LogP contribution in [0.1, 0.15) is 12.0 Å². The van der Waals surface area contributed by atoms with Crippen LogP contribution in [-0.4, -0.2) is 36.7 Å². The molecule has 1 aromatic heterocycles. The molecule has 0 bridgehead atoms. The number of rotatable bonds is 8. The molecule has 0 atom stereocenters. The molecule has 0 radical (unpaired) electrons. The molecule has 0 fully saturated rings. The number of ether oxygens (including phenoxy) is 2. The summed E-state index contributed by atoms with van der Waals surface area (Å²) >= 11 is 1.48. The third kappa shape index (κ3) is 4.08. The normalized spacial score (nSPS) is 11.2. The summed E-state index contributed by atoms with van der Waals surface area (Å²) in [4.78, 5) is 14.9. The summed E-state index contributed by atoms with van der Waals surface area (Å²) < 4.78 is 13.4. The highest BCUT2D eigenvalue weighted by Crippen LogP contribution is 2.32. The molecule has 0 saturated carbocycles. The van der Waals surface area contributed by atoms with E-state index in [0.29, 0.717) is 23.4 Å². The highest BCUT2D eigenvalue weighted by Gasteiger charge is 2.13. The molecule has 0 aliphatic heterocycles. The summed E-state index contributed by atoms with van der Waals surface area (Å²) in [5, 5.41) is 0.685. The molecule has 0 saturated heterocycles. The lowest BCUT2D eigenvalue weighted by atomic mass is 10.2. The average Bonchev–Trinajstić information content (AvgIpc) is 2.96. The zero-order valence-corrected chi connectivity index (χ0v) is 16.2. The summed E-state index contributed by atoms with van der Waals surface area (Å²) in [6.45, 7) is 2.56. The lowest BCUT2D eigenvalue weighted by Gasteiger charge is -2.16. The average molecular weight is 372 g/mol. The molecule has 0 spiro atoms. The molecule has 2 aromatic carbocycles. The number of methoxy groups -OCH3 is 2. The van der Waals surface area contributed by atoms with Gasteiger partial charge in [0, 0.05) is 19.2 Å². The number of hydrogen-bond donors (Lipinski definition) is 0. The van der Waals surface area contributed by atoms with Gasteiger partial charge in [0.15, 0.2) is 11.5 Å². The van der Waals surface area contributed by atoms with Crippen LogP contribution in [0.15, 0.2) is 47.3 Å². The maximum absolute atomic E-state index is 12.6. The number of hydrogen-bond acceptors (Lipinski definition) is 5. The molecule has 5 nitrogen and oxygen atoms in total. The Labute approximate surface area is 157 Å². The van der Waals surface area contributed by atoms with Gasteiger partial charge >= 0.3 is 0 Å². The highest BCUT2D eigenvalue weighted by atomic mass is 32.1. The van der Waals surface area contributed by atoms with Crippen LogP contribution in [-0.2, 0) is 13.1 Å². The first-order valence-corrected chi connectivity index (χ1v) is 9.38. The predicted molar refractivity (Wildman–Crippen MR) is 107 cm³/mol. The molecule has 138 valence electrons. The Bertz CT molecular complexity index is 918. The van der Waals surface area contributed by atoms with Gasteiger partial charge < -0.3 is 14.4 Å². The van der Waals surface area contributed by atoms with E-state index in [2.05, 4.69) is 36.2 Å². The summed E-state index contributed by atoms with van der Waals surface area (Å²) in [5.74, 6) is 1.24. The topological polar surface area (TPSA) is 43.7 Å². The Morgan fingerprint density at radius 3 is 2.46 bits per heavy atom. The molecule has 1 heterocycles. The molecule has 3 rings (SSSR count). The van der Waals surface area contributed by atoms with Gasteiger partial charge in [0.1, 0.15) is 0 Å². The zero-order valence-electron chi connectivity index (χ0n) is 15.4. The first-order chi connectivity index (χ1) is 12.6. The predicted octanol–water partition coefficient (Wildman–Crippen LogP) is 3.60. The molecule has 0 aliphatic rings. The smallest absolute Gasteiger partial charge is 0.268 e. The monoisotopic (exact) mass is 372 g/mol. The minimum absolute atomic E-state index is 0.0386. The van der Waals surface area contributed by atoms with Crippen LogP contribution in [0.5, 0.6) is 11.5 Å². The summed E-state index contributed by atoms with van der Waals surface area (Å²) in [7, 11) is 5.29. The van der Waals surface area contributed by atoms with E-state index >= 15 is 0 Å². The number of nitrogens with zero attached hydrogens (tertiary/aromatic N) is 2. The summed E-state index contributed by atoms with van der Waals surface area (Å²) in [6.07, 6.45) is 0.921. The maximum atomic E-state index is 12.6. The van der Waals surface area contributed by atoms with E-state index in [1.165, 1.54) is 17.1 Å². The lowest BCUT2D eigenvalue weighted by molar-refractivity contribution is 0.315. The van der Waals surface area contributed by atoms with Gasteiger partial charge in [-0.2, -0.15) is 0 Å². The van der Waals surface area contributed by atoms with E-state index in [4.69, 9.17) is 9.47 Å². The van der Waals surface area contributed by atoms with Crippen molar-refractivity contribution in [2.24, 2.45) is 0 Å². The SMILES string of the molecule is COc1cc2sn(CCCN(C)Cc3ccccc3)c(=O)c2cc1OC. The second-order valence-corrected chi connectivity index (χ2v) is 7.34. The maximum Gasteiger partial charge on any atom is 0.268 e. The van der Waals surface area contributed by atoms with Crippen molar-refractivity contribution in [3.05, 3.63) is 58.4 Å². The third-order valence-corrected chi connectivity index (χ3v) is 5.45. The van der Waals surface area contributed by atoms with Crippen LogP contribution in [0.3, 0.4) is 0 Å². The Morgan fingerprint density at radius 1 is 1.08 bits per heavy atom. The zero-order chi connectivity index (χ0) is 18.5. The van der Waals surface area contributed by atoms with Crippen molar-refractivity contribution in [1.82, 2.24) is 8.86 Å². The molecule has 3 aromatic rings. The highest BCUT2D eigenvalue weighted by molar-refractivity contribution is 7.13. The second kappa shape index (κ2) is 8.38. The molecule has 0 amide bonds. The van der Waals surface area contributed by atoms with E-state index in [1.54, 1.807) is 20.3 Å². The minimum atomic E-state index is 0.0386. The molecule has 26 heavy (non-hydrogen) atoms. The Kier molecular flexibility index (Phi) is 5.96. The number of aromatic nitrogens is 1. The molecule has 0 N–H and O–H groups in total. The van der Waals surface area contributed by atoms with Gasteiger partial charge in [-0.3, -0.25) is 8.75 Å². The van der Waals surface area contributed by atoms with E-state index in [1.807, 2.05) is 16.1 Å². The van der Waals surface area contributed by atoms with Crippen molar-refractivity contribution in [2.45, 2.75) is 19.5 Å². The fourth-order valence-corrected chi connectivity index (χ4v) is 4.05. The molecular weight excluding hydrogens is 348 g/mol. The third-order valence-electron chi connectivity index (χ3n) is 4.35. The van der Waals surface area contributed by atoms with Crippen molar-refractivity contribution in [2.75, 3.05) is 27.8 Å². The first kappa shape index (κ1) is 18.5. The minimum Gasteiger partial charge on any atom is -0.493 e. The molecule has 0 aliphatic carbocycles. The van der Waals surface area contributed by atoms with E-state index in [-0.39, 0.29) is 5.56 Å². The van der Waals surface area contributed by atoms with Crippen LogP contribution in [0.2, 0.25) is 0 Å². The van der Waals surface area contributed by atoms with Crippen LogP contribution in [0.25, 0.3) is 10.1 Å². The Morgan fingerprint density at radius 2 is 1.77 bits per heavy atom. The first-order valence-electron chi connectivity index (χ1n) is 8.60. The van der Waals surface area contributed by atoms with Gasteiger partial charge in [0.25, 0.3) is 5.56 Å². The number of benzene rings is 2. The fraction of sp³-hybridized carbons (Fsp3) is 0.350. The fourth-order valence-electron chi connectivity index (χ4n) is 3.00. The van der Waals surface area contributed by atoms with Crippen molar-refractivity contribution in [3.63, 3.8) is 0 Å². The Balaban J connectivity index is 1.65. The second-order valence-electron chi connectivity index (χ2n) is 6.28. The van der Waals surface area contributed by atoms with Crippen LogP contribution in [0, 0.1) is 0 Å². The largest absolute Gasteiger partial charge is 0.493 e. The van der Waals surface area contributed by atoms with Crippen molar-refractivity contribution in [3.8, 4) is 11.5 Å². The lowest BCUT2D eigenvalue weighted by Crippen LogP contribution is -2.22.